The summed E-state index contributed by atoms with van der Waals surface area (Å²) in [6.07, 6.45) is 3.52. The van der Waals surface area contributed by atoms with Gasteiger partial charge in [-0.25, -0.2) is 0 Å². The fourth-order valence-corrected chi connectivity index (χ4v) is 4.14. The van der Waals surface area contributed by atoms with E-state index in [4.69, 9.17) is 9.47 Å². The number of piperidine rings is 1. The fraction of sp³-hybridized carbons (Fsp3) is 0.435. The van der Waals surface area contributed by atoms with Gasteiger partial charge in [0.15, 0.2) is 0 Å². The first-order valence-corrected chi connectivity index (χ1v) is 9.89. The number of carbonyl (C=O) groups is 1. The van der Waals surface area contributed by atoms with E-state index in [0.717, 1.165) is 36.9 Å². The molecule has 2 aromatic carbocycles. The highest BCUT2D eigenvalue weighted by molar-refractivity contribution is 5.74. The first-order chi connectivity index (χ1) is 13.6. The summed E-state index contributed by atoms with van der Waals surface area (Å²) in [4.78, 5) is 14.1. The van der Waals surface area contributed by atoms with Crippen molar-refractivity contribution in [2.75, 3.05) is 20.8 Å². The Morgan fingerprint density at radius 1 is 1.11 bits per heavy atom. The summed E-state index contributed by atoms with van der Waals surface area (Å²) in [6, 6.07) is 13.4. The lowest BCUT2D eigenvalue weighted by molar-refractivity contribution is -0.145. The number of aliphatic carboxylic acids is 1. The Morgan fingerprint density at radius 3 is 2.29 bits per heavy atom. The zero-order chi connectivity index (χ0) is 20.1. The first-order valence-electron chi connectivity index (χ1n) is 9.89. The summed E-state index contributed by atoms with van der Waals surface area (Å²) in [6.45, 7) is 2.85. The number of aryl methyl sites for hydroxylation is 1. The molecule has 0 saturated carbocycles. The first kappa shape index (κ1) is 20.2. The van der Waals surface area contributed by atoms with E-state index in [1.54, 1.807) is 14.2 Å². The van der Waals surface area contributed by atoms with Crippen LogP contribution in [0.15, 0.2) is 42.5 Å². The van der Waals surface area contributed by atoms with Crippen LogP contribution in [-0.4, -0.2) is 42.8 Å². The van der Waals surface area contributed by atoms with E-state index in [2.05, 4.69) is 36.1 Å². The van der Waals surface area contributed by atoms with Gasteiger partial charge in [0.2, 0.25) is 0 Å². The van der Waals surface area contributed by atoms with Crippen LogP contribution in [-0.2, 0) is 11.2 Å². The molecular weight excluding hydrogens is 354 g/mol. The predicted molar refractivity (Wildman–Crippen MR) is 109 cm³/mol. The molecular formula is C23H29NO4. The molecule has 0 bridgehead atoms. The average Bonchev–Trinajstić information content (AvgIpc) is 2.74. The van der Waals surface area contributed by atoms with Crippen molar-refractivity contribution in [1.82, 2.24) is 4.90 Å². The highest BCUT2D eigenvalue weighted by Gasteiger charge is 2.37. The van der Waals surface area contributed by atoms with Crippen LogP contribution >= 0.6 is 0 Å². The van der Waals surface area contributed by atoms with E-state index in [9.17, 15) is 9.90 Å². The van der Waals surface area contributed by atoms with Crippen molar-refractivity contribution >= 4 is 5.97 Å². The molecule has 5 heteroatoms. The summed E-state index contributed by atoms with van der Waals surface area (Å²) >= 11 is 0. The second kappa shape index (κ2) is 9.11. The Morgan fingerprint density at radius 2 is 1.75 bits per heavy atom. The number of carboxylic acid groups (broad SMARTS) is 1. The molecule has 0 spiro atoms. The standard InChI is InChI=1S/C23H29NO4/c1-4-16-11-13-17(14-12-16)22(24-15-6-5-8-18(24)23(25)26)21-19(27-2)9-7-10-20(21)28-3/h7,9-14,18,22H,4-6,8,15H2,1-3H3,(H,25,26). The molecule has 0 aliphatic carbocycles. The Bertz CT molecular complexity index is 780. The predicted octanol–water partition coefficient (Wildman–Crippen LogP) is 4.29. The van der Waals surface area contributed by atoms with Gasteiger partial charge in [-0.15, -0.1) is 0 Å². The molecule has 150 valence electrons. The number of ether oxygens (including phenoxy) is 2. The van der Waals surface area contributed by atoms with Gasteiger partial charge in [-0.05, 0) is 49.1 Å². The maximum atomic E-state index is 12.0. The second-order valence-corrected chi connectivity index (χ2v) is 7.16. The van der Waals surface area contributed by atoms with E-state index in [0.29, 0.717) is 17.9 Å². The number of nitrogens with zero attached hydrogens (tertiary/aromatic N) is 1. The molecule has 2 atom stereocenters. The normalized spacial score (nSPS) is 18.5. The molecule has 1 aliphatic heterocycles. The summed E-state index contributed by atoms with van der Waals surface area (Å²) in [5, 5.41) is 9.88. The average molecular weight is 383 g/mol. The Labute approximate surface area is 166 Å². The number of benzene rings is 2. The van der Waals surface area contributed by atoms with Crippen molar-refractivity contribution in [2.24, 2.45) is 0 Å². The highest BCUT2D eigenvalue weighted by atomic mass is 16.5. The van der Waals surface area contributed by atoms with Crippen molar-refractivity contribution in [2.45, 2.75) is 44.7 Å². The number of hydrogen-bond donors (Lipinski definition) is 1. The zero-order valence-electron chi connectivity index (χ0n) is 16.9. The number of rotatable bonds is 7. The third-order valence-electron chi connectivity index (χ3n) is 5.60. The largest absolute Gasteiger partial charge is 0.496 e. The Balaban J connectivity index is 2.18. The van der Waals surface area contributed by atoms with E-state index in [1.807, 2.05) is 18.2 Å². The van der Waals surface area contributed by atoms with Gasteiger partial charge in [-0.2, -0.15) is 0 Å². The van der Waals surface area contributed by atoms with Crippen molar-refractivity contribution in [3.63, 3.8) is 0 Å². The fourth-order valence-electron chi connectivity index (χ4n) is 4.14. The molecule has 5 nitrogen and oxygen atoms in total. The van der Waals surface area contributed by atoms with Crippen molar-refractivity contribution < 1.29 is 19.4 Å². The Hall–Kier alpha value is -2.53. The second-order valence-electron chi connectivity index (χ2n) is 7.16. The molecule has 1 fully saturated rings. The van der Waals surface area contributed by atoms with Gasteiger partial charge in [-0.1, -0.05) is 43.7 Å². The molecule has 3 rings (SSSR count). The van der Waals surface area contributed by atoms with Gasteiger partial charge in [0.25, 0.3) is 0 Å². The van der Waals surface area contributed by atoms with Gasteiger partial charge in [0.05, 0.1) is 25.8 Å². The maximum absolute atomic E-state index is 12.0. The third-order valence-corrected chi connectivity index (χ3v) is 5.60. The topological polar surface area (TPSA) is 59.0 Å². The molecule has 1 heterocycles. The molecule has 1 N–H and O–H groups in total. The van der Waals surface area contributed by atoms with Crippen LogP contribution in [0.1, 0.15) is 48.9 Å². The van der Waals surface area contributed by atoms with Crippen LogP contribution in [0.5, 0.6) is 11.5 Å². The minimum absolute atomic E-state index is 0.251. The lowest BCUT2D eigenvalue weighted by Crippen LogP contribution is -2.47. The number of likely N-dealkylation sites (tertiary alicyclic amines) is 1. The lowest BCUT2D eigenvalue weighted by atomic mass is 9.90. The highest BCUT2D eigenvalue weighted by Crippen LogP contribution is 2.43. The monoisotopic (exact) mass is 383 g/mol. The SMILES string of the molecule is CCc1ccc(C(c2c(OC)cccc2OC)N2CCCCC2C(=O)O)cc1. The number of methoxy groups -OCH3 is 2. The van der Waals surface area contributed by atoms with E-state index < -0.39 is 12.0 Å². The zero-order valence-corrected chi connectivity index (χ0v) is 16.9. The Kier molecular flexibility index (Phi) is 6.57. The smallest absolute Gasteiger partial charge is 0.320 e. The number of carboxylic acids is 1. The van der Waals surface area contributed by atoms with E-state index in [1.165, 1.54) is 5.56 Å². The van der Waals surface area contributed by atoms with Crippen LogP contribution < -0.4 is 9.47 Å². The lowest BCUT2D eigenvalue weighted by Gasteiger charge is -2.40. The minimum atomic E-state index is -0.774. The van der Waals surface area contributed by atoms with Gasteiger partial charge in [-0.3, -0.25) is 9.69 Å². The molecule has 0 aromatic heterocycles. The van der Waals surface area contributed by atoms with Gasteiger partial charge in [0.1, 0.15) is 17.5 Å². The van der Waals surface area contributed by atoms with Crippen molar-refractivity contribution in [3.8, 4) is 11.5 Å². The van der Waals surface area contributed by atoms with Crippen LogP contribution in [0.2, 0.25) is 0 Å². The van der Waals surface area contributed by atoms with E-state index >= 15 is 0 Å². The molecule has 0 amide bonds. The summed E-state index contributed by atoms with van der Waals surface area (Å²) in [5.41, 5.74) is 3.18. The summed E-state index contributed by atoms with van der Waals surface area (Å²) in [7, 11) is 3.28. The van der Waals surface area contributed by atoms with Crippen molar-refractivity contribution in [3.05, 3.63) is 59.2 Å². The quantitative estimate of drug-likeness (QED) is 0.773. The van der Waals surface area contributed by atoms with Gasteiger partial charge < -0.3 is 14.6 Å². The molecule has 0 radical (unpaired) electrons. The minimum Gasteiger partial charge on any atom is -0.496 e. The van der Waals surface area contributed by atoms with Crippen LogP contribution in [0.4, 0.5) is 0 Å². The van der Waals surface area contributed by atoms with Crippen LogP contribution in [0.3, 0.4) is 0 Å². The van der Waals surface area contributed by atoms with Crippen LogP contribution in [0.25, 0.3) is 0 Å². The van der Waals surface area contributed by atoms with Gasteiger partial charge >= 0.3 is 5.97 Å². The van der Waals surface area contributed by atoms with E-state index in [-0.39, 0.29) is 6.04 Å². The summed E-state index contributed by atoms with van der Waals surface area (Å²) in [5.74, 6) is 0.640. The van der Waals surface area contributed by atoms with Crippen LogP contribution in [0, 0.1) is 0 Å². The van der Waals surface area contributed by atoms with Crippen molar-refractivity contribution in [1.29, 1.82) is 0 Å². The number of hydrogen-bond acceptors (Lipinski definition) is 4. The summed E-state index contributed by atoms with van der Waals surface area (Å²) < 4.78 is 11.3. The molecule has 2 aromatic rings. The van der Waals surface area contributed by atoms with Gasteiger partial charge in [0, 0.05) is 0 Å². The maximum Gasteiger partial charge on any atom is 0.320 e. The third kappa shape index (κ3) is 3.99. The molecule has 1 saturated heterocycles. The molecule has 2 unspecified atom stereocenters. The molecule has 28 heavy (non-hydrogen) atoms. The molecule has 1 aliphatic rings.